The predicted octanol–water partition coefficient (Wildman–Crippen LogP) is 24.7. The number of benzene rings is 9. The lowest BCUT2D eigenvalue weighted by Crippen LogP contribution is -2.05. The average molecular weight is 1450 g/mol. The van der Waals surface area contributed by atoms with E-state index >= 15 is 65.9 Å². The van der Waals surface area contributed by atoms with Crippen LogP contribution in [0.2, 0.25) is 0 Å². The molecule has 2 aliphatic rings. The monoisotopic (exact) mass is 1450 g/mol. The molecule has 0 amide bonds. The zero-order valence-electron chi connectivity index (χ0n) is 55.2. The Morgan fingerprint density at radius 2 is 0.421 bits per heavy atom. The van der Waals surface area contributed by atoms with Crippen molar-refractivity contribution in [2.75, 3.05) is 0 Å². The molecule has 0 spiro atoms. The van der Waals surface area contributed by atoms with Crippen LogP contribution in [0.4, 0.5) is 65.9 Å². The molecule has 9 aromatic carbocycles. The van der Waals surface area contributed by atoms with Crippen molar-refractivity contribution in [3.05, 3.63) is 340 Å². The number of hydrogen-bond donors (Lipinski definition) is 3. The van der Waals surface area contributed by atoms with Gasteiger partial charge in [-0.1, -0.05) is 182 Å². The van der Waals surface area contributed by atoms with Crippen molar-refractivity contribution in [1.82, 2.24) is 29.9 Å². The van der Waals surface area contributed by atoms with E-state index in [1.807, 2.05) is 0 Å². The van der Waals surface area contributed by atoms with E-state index in [0.29, 0.717) is 33.4 Å². The molecule has 15 rings (SSSR count). The molecular formula is C86H47F15N6. The molecule has 10 bridgehead atoms. The van der Waals surface area contributed by atoms with Crippen LogP contribution in [-0.2, 0) is 0 Å². The molecular weight excluding hydrogens is 1400 g/mol. The number of rotatable bonds is 9. The Hall–Kier alpha value is -13.3. The number of aromatic amines is 3. The van der Waals surface area contributed by atoms with E-state index in [1.165, 1.54) is 73.8 Å². The first-order chi connectivity index (χ1) is 51.8. The van der Waals surface area contributed by atoms with Gasteiger partial charge in [-0.15, -0.1) is 0 Å². The van der Waals surface area contributed by atoms with Gasteiger partial charge >= 0.3 is 0 Å². The van der Waals surface area contributed by atoms with E-state index in [2.05, 4.69) is 15.0 Å². The zero-order valence-corrected chi connectivity index (χ0v) is 55.2. The number of fused-ring (bicyclic) bond motifs is 10. The van der Waals surface area contributed by atoms with Crippen LogP contribution in [0, 0.1) is 94.2 Å². The molecule has 13 aromatic rings. The minimum absolute atomic E-state index is 0.0376. The smallest absolute Gasteiger partial charge is 0.200 e. The van der Waals surface area contributed by atoms with Crippen LogP contribution in [0.3, 0.4) is 0 Å². The van der Waals surface area contributed by atoms with E-state index in [-0.39, 0.29) is 77.9 Å². The molecule has 4 aromatic heterocycles. The summed E-state index contributed by atoms with van der Waals surface area (Å²) in [6.07, 6.45) is 6.56. The third-order valence-corrected chi connectivity index (χ3v) is 18.3. The van der Waals surface area contributed by atoms with E-state index in [0.717, 1.165) is 0 Å². The summed E-state index contributed by atoms with van der Waals surface area (Å²) in [6.45, 7) is 1.24. The van der Waals surface area contributed by atoms with Crippen molar-refractivity contribution < 1.29 is 65.9 Å². The van der Waals surface area contributed by atoms with Gasteiger partial charge in [-0.3, -0.25) is 4.98 Å². The van der Waals surface area contributed by atoms with Gasteiger partial charge in [0.1, 0.15) is 0 Å². The second-order valence-corrected chi connectivity index (χ2v) is 24.6. The maximum atomic E-state index is 17.0. The van der Waals surface area contributed by atoms with E-state index in [9.17, 15) is 0 Å². The van der Waals surface area contributed by atoms with Gasteiger partial charge in [0, 0.05) is 95.1 Å². The Labute approximate surface area is 597 Å². The molecule has 0 saturated carbocycles. The van der Waals surface area contributed by atoms with Crippen molar-refractivity contribution in [3.8, 4) is 100 Å². The molecule has 0 unspecified atom stereocenters. The number of hydrogen-bond acceptors (Lipinski definition) is 3. The Morgan fingerprint density at radius 1 is 0.206 bits per heavy atom. The SMILES string of the molecule is Cc1ncc(-c2ccccc2)c(-c2ccccc2)c2ccc([nH]2)c(-c2c(F)c(F)c(F)c(F)c2F)c2nc(c(-c3ccccc3)c(-c3ccccc3)c3nc(c(-c4c(F)c(F)c(F)c(F)c4F)c4ccc([nH]4)c(-c4ccccc4)c(-c4ccccc4)c4ccc([nH]4)c1-c1c(F)c(F)c(F)c(F)c1F)C=C3)C=C2. The maximum Gasteiger partial charge on any atom is 0.200 e. The zero-order chi connectivity index (χ0) is 74.6. The second kappa shape index (κ2) is 28.4. The van der Waals surface area contributed by atoms with Crippen molar-refractivity contribution in [1.29, 1.82) is 0 Å². The number of H-pyrrole nitrogens is 3. The standard InChI is InChI=1S/C86H47F15N6/c1-43-61(69-72(87)78(93)84(99)79(94)73(69)88)51-32-34-53(103-51)63(46-24-12-4-13-25-46)64(47-26-14-5-15-27-47)54-36-40-59(106-54)68(71-76(91)82(97)86(101)83(98)77(71)92)60-41-37-56(107-60)66(49-30-18-7-19-31-49)65(48-28-16-6-17-29-48)55-35-39-58(105-55)67(70-74(89)80(95)85(100)81(96)75(70)90)57-38-33-52(104-57)62(45-22-10-3-11-23-45)50(42-102-43)44-20-8-2-9-21-44/h2-42,103-104,106H,1H3. The summed E-state index contributed by atoms with van der Waals surface area (Å²) in [5.41, 5.74) is -4.87. The molecule has 526 valence electrons. The summed E-state index contributed by atoms with van der Waals surface area (Å²) in [7, 11) is 0. The molecule has 107 heavy (non-hydrogen) atoms. The highest BCUT2D eigenvalue weighted by molar-refractivity contribution is 6.04. The van der Waals surface area contributed by atoms with Crippen LogP contribution < -0.4 is 0 Å². The van der Waals surface area contributed by atoms with Gasteiger partial charge in [0.25, 0.3) is 0 Å². The Bertz CT molecular complexity index is 6160. The molecule has 0 radical (unpaired) electrons. The Morgan fingerprint density at radius 3 is 0.720 bits per heavy atom. The van der Waals surface area contributed by atoms with Crippen molar-refractivity contribution >= 4 is 57.4 Å². The molecule has 21 heteroatoms. The Balaban J connectivity index is 1.22. The largest absolute Gasteiger partial charge is 0.354 e. The summed E-state index contributed by atoms with van der Waals surface area (Å²) < 4.78 is 243. The van der Waals surface area contributed by atoms with E-state index < -0.39 is 138 Å². The van der Waals surface area contributed by atoms with E-state index in [4.69, 9.17) is 15.0 Å². The third-order valence-electron chi connectivity index (χ3n) is 18.3. The lowest BCUT2D eigenvalue weighted by molar-refractivity contribution is 0.381. The molecule has 0 atom stereocenters. The fourth-order valence-corrected chi connectivity index (χ4v) is 13.4. The second-order valence-electron chi connectivity index (χ2n) is 24.6. The summed E-state index contributed by atoms with van der Waals surface area (Å²) in [5, 5.41) is 0. The summed E-state index contributed by atoms with van der Waals surface area (Å²) in [6, 6.07) is 58.3. The molecule has 0 aliphatic carbocycles. The molecule has 0 fully saturated rings. The Kier molecular flexibility index (Phi) is 18.4. The quantitative estimate of drug-likeness (QED) is 0.0765. The van der Waals surface area contributed by atoms with Crippen LogP contribution in [0.5, 0.6) is 0 Å². The van der Waals surface area contributed by atoms with Crippen molar-refractivity contribution in [2.45, 2.75) is 6.92 Å². The first-order valence-electron chi connectivity index (χ1n) is 32.8. The van der Waals surface area contributed by atoms with Gasteiger partial charge in [-0.05, 0) is 101 Å². The first kappa shape index (κ1) is 69.4. The average Bonchev–Trinajstić information content (AvgIpc) is 1.70. The molecule has 2 aliphatic heterocycles. The molecule has 6 heterocycles. The minimum atomic E-state index is -2.48. The number of aryl methyl sites for hydroxylation is 1. The van der Waals surface area contributed by atoms with Gasteiger partial charge in [-0.2, -0.15) is 0 Å². The van der Waals surface area contributed by atoms with Gasteiger partial charge in [0.05, 0.1) is 39.5 Å². The highest BCUT2D eigenvalue weighted by Crippen LogP contribution is 2.47. The third kappa shape index (κ3) is 12.3. The topological polar surface area (TPSA) is 86.0 Å². The number of nitrogens with one attached hydrogen (secondary N) is 3. The highest BCUT2D eigenvalue weighted by Gasteiger charge is 2.34. The van der Waals surface area contributed by atoms with Crippen LogP contribution in [0.15, 0.2) is 225 Å². The van der Waals surface area contributed by atoms with Gasteiger partial charge in [0.2, 0.25) is 17.5 Å². The minimum Gasteiger partial charge on any atom is -0.354 e. The van der Waals surface area contributed by atoms with Crippen LogP contribution >= 0.6 is 0 Å². The molecule has 0 saturated heterocycles. The van der Waals surface area contributed by atoms with Gasteiger partial charge < -0.3 is 15.0 Å². The fraction of sp³-hybridized carbons (Fsp3) is 0.0116. The number of nitrogens with zero attached hydrogens (tertiary/aromatic N) is 3. The summed E-state index contributed by atoms with van der Waals surface area (Å²) in [5.74, 6) is -34.9. The van der Waals surface area contributed by atoms with Crippen molar-refractivity contribution in [3.63, 3.8) is 0 Å². The number of aromatic nitrogens is 6. The first-order valence-corrected chi connectivity index (χ1v) is 32.8. The van der Waals surface area contributed by atoms with Crippen LogP contribution in [0.1, 0.15) is 28.5 Å². The normalized spacial score (nSPS) is 11.7. The fourth-order valence-electron chi connectivity index (χ4n) is 13.4. The van der Waals surface area contributed by atoms with Gasteiger partial charge in [-0.25, -0.2) is 75.8 Å². The van der Waals surface area contributed by atoms with Crippen molar-refractivity contribution in [2.24, 2.45) is 0 Å². The molecule has 3 N–H and O–H groups in total. The predicted molar refractivity (Wildman–Crippen MR) is 386 cm³/mol. The lowest BCUT2D eigenvalue weighted by Gasteiger charge is -2.13. The van der Waals surface area contributed by atoms with Gasteiger partial charge in [0.15, 0.2) is 69.8 Å². The molecule has 6 nitrogen and oxygen atoms in total. The van der Waals surface area contributed by atoms with Crippen LogP contribution in [0.25, 0.3) is 158 Å². The van der Waals surface area contributed by atoms with E-state index in [1.54, 1.807) is 182 Å². The number of halogens is 15. The summed E-state index contributed by atoms with van der Waals surface area (Å²) in [4.78, 5) is 24.3. The summed E-state index contributed by atoms with van der Waals surface area (Å²) >= 11 is 0. The maximum absolute atomic E-state index is 17.0. The lowest BCUT2D eigenvalue weighted by atomic mass is 9.92. The highest BCUT2D eigenvalue weighted by atomic mass is 19.2. The van der Waals surface area contributed by atoms with Crippen LogP contribution in [-0.4, -0.2) is 29.9 Å².